The number of unbranched alkanes of at least 4 members (excludes halogenated alkanes) is 19. The molecular weight excluding hydrogens is 658 g/mol. The zero-order chi connectivity index (χ0) is 37.7. The maximum Gasteiger partial charge on any atom is 0.315 e. The van der Waals surface area contributed by atoms with Crippen LogP contribution in [0.25, 0.3) is 0 Å². The van der Waals surface area contributed by atoms with Gasteiger partial charge in [0.1, 0.15) is 30.5 Å². The maximum atomic E-state index is 12.8. The summed E-state index contributed by atoms with van der Waals surface area (Å²) < 4.78 is 11.0. The van der Waals surface area contributed by atoms with Gasteiger partial charge in [0.05, 0.1) is 31.9 Å². The molecular formula is C38H75N3O10. The lowest BCUT2D eigenvalue weighted by Gasteiger charge is -2.40. The SMILES string of the molecule is CCCCCCCCCCCCCC[C@@H](O)[C@@H](O)[C@H](CO[C@H]1OC(CO)[C@H](O)[C@H](O)C1O)NC(=O)CNC(=O)NCCCCCCCCCCC. The molecule has 0 saturated carbocycles. The van der Waals surface area contributed by atoms with Crippen molar-refractivity contribution >= 4 is 11.9 Å². The summed E-state index contributed by atoms with van der Waals surface area (Å²) in [6.45, 7) is 3.45. The fraction of sp³-hybridized carbons (Fsp3) is 0.947. The van der Waals surface area contributed by atoms with Crippen molar-refractivity contribution in [1.29, 1.82) is 0 Å². The predicted octanol–water partition coefficient (Wildman–Crippen LogP) is 3.93. The van der Waals surface area contributed by atoms with E-state index in [4.69, 9.17) is 9.47 Å². The summed E-state index contributed by atoms with van der Waals surface area (Å²) in [7, 11) is 0. The molecule has 8 atom stereocenters. The Kier molecular flexibility index (Phi) is 28.7. The molecule has 13 heteroatoms. The number of nitrogens with one attached hydrogen (secondary N) is 3. The van der Waals surface area contributed by atoms with Crippen molar-refractivity contribution in [2.24, 2.45) is 0 Å². The van der Waals surface area contributed by atoms with Gasteiger partial charge in [-0.15, -0.1) is 0 Å². The van der Waals surface area contributed by atoms with Crippen molar-refractivity contribution in [2.45, 2.75) is 204 Å². The Balaban J connectivity index is 2.52. The van der Waals surface area contributed by atoms with Crippen LogP contribution in [0, 0.1) is 0 Å². The van der Waals surface area contributed by atoms with Crippen molar-refractivity contribution in [3.63, 3.8) is 0 Å². The van der Waals surface area contributed by atoms with Gasteiger partial charge in [-0.3, -0.25) is 4.79 Å². The molecule has 1 rings (SSSR count). The number of urea groups is 1. The zero-order valence-electron chi connectivity index (χ0n) is 31.8. The minimum absolute atomic E-state index is 0.296. The molecule has 51 heavy (non-hydrogen) atoms. The second kappa shape index (κ2) is 30.8. The van der Waals surface area contributed by atoms with Crippen LogP contribution in [0.2, 0.25) is 0 Å². The largest absolute Gasteiger partial charge is 0.394 e. The Hall–Kier alpha value is -1.58. The highest BCUT2D eigenvalue weighted by molar-refractivity contribution is 5.84. The summed E-state index contributed by atoms with van der Waals surface area (Å²) in [5.41, 5.74) is 0. The Bertz CT molecular complexity index is 855. The van der Waals surface area contributed by atoms with Gasteiger partial charge in [-0.25, -0.2) is 4.79 Å². The molecule has 1 saturated heterocycles. The summed E-state index contributed by atoms with van der Waals surface area (Å²) in [5.74, 6) is -0.632. The highest BCUT2D eigenvalue weighted by Gasteiger charge is 2.44. The zero-order valence-corrected chi connectivity index (χ0v) is 31.8. The minimum Gasteiger partial charge on any atom is -0.394 e. The lowest BCUT2D eigenvalue weighted by atomic mass is 9.98. The molecule has 1 heterocycles. The van der Waals surface area contributed by atoms with E-state index in [-0.39, 0.29) is 6.54 Å². The van der Waals surface area contributed by atoms with Crippen LogP contribution in [0.1, 0.15) is 155 Å². The third-order valence-corrected chi connectivity index (χ3v) is 9.77. The van der Waals surface area contributed by atoms with E-state index in [2.05, 4.69) is 29.8 Å². The van der Waals surface area contributed by atoms with E-state index >= 15 is 0 Å². The summed E-state index contributed by atoms with van der Waals surface area (Å²) >= 11 is 0. The first-order chi connectivity index (χ1) is 24.7. The van der Waals surface area contributed by atoms with Gasteiger partial charge < -0.3 is 56.1 Å². The van der Waals surface area contributed by atoms with E-state index < -0.39 is 74.1 Å². The molecule has 3 amide bonds. The van der Waals surface area contributed by atoms with Gasteiger partial charge in [0, 0.05) is 6.54 Å². The minimum atomic E-state index is -1.67. The summed E-state index contributed by atoms with van der Waals surface area (Å²) in [5, 5.41) is 69.7. The smallest absolute Gasteiger partial charge is 0.315 e. The van der Waals surface area contributed by atoms with Crippen LogP contribution < -0.4 is 16.0 Å². The highest BCUT2D eigenvalue weighted by Crippen LogP contribution is 2.23. The highest BCUT2D eigenvalue weighted by atomic mass is 16.7. The third-order valence-electron chi connectivity index (χ3n) is 9.77. The number of carbonyl (C=O) groups is 2. The summed E-state index contributed by atoms with van der Waals surface area (Å²) in [6, 6.07) is -1.66. The molecule has 1 fully saturated rings. The van der Waals surface area contributed by atoms with Gasteiger partial charge in [0.15, 0.2) is 6.29 Å². The Morgan fingerprint density at radius 1 is 0.667 bits per heavy atom. The van der Waals surface area contributed by atoms with Crippen LogP contribution in [0.15, 0.2) is 0 Å². The van der Waals surface area contributed by atoms with Crippen LogP contribution in [0.4, 0.5) is 4.79 Å². The quantitative estimate of drug-likeness (QED) is 0.0455. The molecule has 302 valence electrons. The van der Waals surface area contributed by atoms with Gasteiger partial charge in [0.25, 0.3) is 0 Å². The molecule has 0 aromatic heterocycles. The van der Waals surface area contributed by atoms with Crippen LogP contribution in [-0.2, 0) is 14.3 Å². The molecule has 0 aromatic rings. The van der Waals surface area contributed by atoms with E-state index in [0.717, 1.165) is 38.5 Å². The summed E-state index contributed by atoms with van der Waals surface area (Å²) in [6.07, 6.45) is 14.5. The molecule has 0 bridgehead atoms. The van der Waals surface area contributed by atoms with Gasteiger partial charge in [-0.1, -0.05) is 142 Å². The lowest BCUT2D eigenvalue weighted by Crippen LogP contribution is -2.60. The molecule has 1 aliphatic heterocycles. The lowest BCUT2D eigenvalue weighted by molar-refractivity contribution is -0.303. The first kappa shape index (κ1) is 47.4. The van der Waals surface area contributed by atoms with Crippen molar-refractivity contribution in [3.8, 4) is 0 Å². The van der Waals surface area contributed by atoms with Gasteiger partial charge >= 0.3 is 6.03 Å². The van der Waals surface area contributed by atoms with Crippen LogP contribution in [0.5, 0.6) is 0 Å². The molecule has 0 radical (unpaired) electrons. The van der Waals surface area contributed by atoms with Gasteiger partial charge in [0.2, 0.25) is 5.91 Å². The number of aliphatic hydroxyl groups is 6. The van der Waals surface area contributed by atoms with Crippen LogP contribution in [0.3, 0.4) is 0 Å². The van der Waals surface area contributed by atoms with Crippen molar-refractivity contribution in [1.82, 2.24) is 16.0 Å². The molecule has 0 spiro atoms. The maximum absolute atomic E-state index is 12.8. The number of hydrogen-bond acceptors (Lipinski definition) is 10. The molecule has 1 aliphatic rings. The Morgan fingerprint density at radius 2 is 1.16 bits per heavy atom. The van der Waals surface area contributed by atoms with Crippen molar-refractivity contribution in [2.75, 3.05) is 26.3 Å². The standard InChI is InChI=1S/C38H75N3O10/c1-3-5-7-9-11-13-14-15-16-18-20-22-24-30(43)33(45)29(28-50-37-36(48)35(47)34(46)31(27-42)51-37)41-32(44)26-40-38(49)39-25-23-21-19-17-12-10-8-6-4-2/h29-31,33-37,42-43,45-48H,3-28H2,1-2H3,(H,41,44)(H2,39,40,49)/t29-,30+,31?,33-,34-,35-,36?,37-/m0/s1. The molecule has 2 unspecified atom stereocenters. The fourth-order valence-electron chi connectivity index (χ4n) is 6.38. The average Bonchev–Trinajstić information content (AvgIpc) is 3.12. The van der Waals surface area contributed by atoms with E-state index in [0.29, 0.717) is 19.4 Å². The van der Waals surface area contributed by atoms with Gasteiger partial charge in [-0.2, -0.15) is 0 Å². The Morgan fingerprint density at radius 3 is 1.67 bits per heavy atom. The fourth-order valence-corrected chi connectivity index (χ4v) is 6.38. The number of hydrogen-bond donors (Lipinski definition) is 9. The number of carbonyl (C=O) groups excluding carboxylic acids is 2. The monoisotopic (exact) mass is 734 g/mol. The molecule has 13 nitrogen and oxygen atoms in total. The second-order valence-electron chi connectivity index (χ2n) is 14.4. The number of aliphatic hydroxyl groups excluding tert-OH is 6. The average molecular weight is 734 g/mol. The molecule has 0 aliphatic carbocycles. The van der Waals surface area contributed by atoms with E-state index in [1.807, 2.05) is 0 Å². The van der Waals surface area contributed by atoms with E-state index in [1.54, 1.807) is 0 Å². The topological polar surface area (TPSA) is 210 Å². The van der Waals surface area contributed by atoms with Crippen LogP contribution >= 0.6 is 0 Å². The summed E-state index contributed by atoms with van der Waals surface area (Å²) in [4.78, 5) is 25.1. The number of amides is 3. The molecule has 0 aromatic carbocycles. The van der Waals surface area contributed by atoms with E-state index in [1.165, 1.54) is 89.9 Å². The molecule has 9 N–H and O–H groups in total. The first-order valence-corrected chi connectivity index (χ1v) is 20.2. The van der Waals surface area contributed by atoms with Crippen molar-refractivity contribution < 1.29 is 49.7 Å². The number of rotatable bonds is 32. The first-order valence-electron chi connectivity index (χ1n) is 20.2. The van der Waals surface area contributed by atoms with Crippen LogP contribution in [-0.4, -0.2) is 118 Å². The predicted molar refractivity (Wildman–Crippen MR) is 198 cm³/mol. The third kappa shape index (κ3) is 22.3. The van der Waals surface area contributed by atoms with Gasteiger partial charge in [-0.05, 0) is 12.8 Å². The second-order valence-corrected chi connectivity index (χ2v) is 14.4. The van der Waals surface area contributed by atoms with E-state index in [9.17, 15) is 40.2 Å². The Labute approximate surface area is 307 Å². The van der Waals surface area contributed by atoms with Crippen molar-refractivity contribution in [3.05, 3.63) is 0 Å². The number of ether oxygens (including phenoxy) is 2. The normalized spacial score (nSPS) is 22.3.